The number of nitrogens with one attached hydrogen (secondary N) is 2. The van der Waals surface area contributed by atoms with Gasteiger partial charge in [0, 0.05) is 28.4 Å². The molecule has 2 N–H and O–H groups in total. The van der Waals surface area contributed by atoms with Gasteiger partial charge in [0.25, 0.3) is 5.69 Å². The Balaban J connectivity index is 1.37. The molecule has 0 saturated heterocycles. The SMILES string of the molecule is O=[N+]([O-])c1cccc(-c2ccc(/C=N\Nc3nc4nonc4nc3Nc3cccc(Cl)c3)o2)c1. The number of anilines is 3. The molecule has 12 nitrogen and oxygen atoms in total. The van der Waals surface area contributed by atoms with Crippen LogP contribution < -0.4 is 10.7 Å². The van der Waals surface area contributed by atoms with Crippen LogP contribution in [0.4, 0.5) is 23.0 Å². The zero-order chi connectivity index (χ0) is 23.5. The third kappa shape index (κ3) is 4.52. The van der Waals surface area contributed by atoms with E-state index in [2.05, 4.69) is 40.8 Å². The number of nitro groups is 1. The van der Waals surface area contributed by atoms with Gasteiger partial charge in [-0.3, -0.25) is 15.5 Å². The van der Waals surface area contributed by atoms with Crippen LogP contribution in [0.5, 0.6) is 0 Å². The van der Waals surface area contributed by atoms with Gasteiger partial charge in [-0.15, -0.1) is 0 Å². The molecule has 0 aliphatic heterocycles. The number of hydrogen-bond donors (Lipinski definition) is 2. The largest absolute Gasteiger partial charge is 0.455 e. The van der Waals surface area contributed by atoms with Gasteiger partial charge in [-0.05, 0) is 40.6 Å². The minimum atomic E-state index is -0.462. The Kier molecular flexibility index (Phi) is 5.54. The summed E-state index contributed by atoms with van der Waals surface area (Å²) in [6, 6.07) is 16.6. The number of benzene rings is 2. The summed E-state index contributed by atoms with van der Waals surface area (Å²) in [5.74, 6) is 1.45. The van der Waals surface area contributed by atoms with E-state index in [0.29, 0.717) is 33.6 Å². The van der Waals surface area contributed by atoms with Crippen LogP contribution in [-0.4, -0.2) is 31.4 Å². The maximum Gasteiger partial charge on any atom is 0.270 e. The number of aromatic nitrogens is 4. The van der Waals surface area contributed by atoms with E-state index in [1.54, 1.807) is 42.5 Å². The molecule has 0 saturated carbocycles. The summed E-state index contributed by atoms with van der Waals surface area (Å²) >= 11 is 6.05. The lowest BCUT2D eigenvalue weighted by Crippen LogP contribution is -2.03. The van der Waals surface area contributed by atoms with Gasteiger partial charge in [-0.1, -0.05) is 29.8 Å². The fourth-order valence-electron chi connectivity index (χ4n) is 3.01. The third-order valence-electron chi connectivity index (χ3n) is 4.53. The van der Waals surface area contributed by atoms with Crippen molar-refractivity contribution in [2.75, 3.05) is 10.7 Å². The second-order valence-corrected chi connectivity index (χ2v) is 7.28. The van der Waals surface area contributed by atoms with Crippen LogP contribution in [0.25, 0.3) is 22.6 Å². The number of fused-ring (bicyclic) bond motifs is 1. The molecule has 0 unspecified atom stereocenters. The van der Waals surface area contributed by atoms with Crippen LogP contribution >= 0.6 is 11.6 Å². The molecule has 0 aliphatic carbocycles. The van der Waals surface area contributed by atoms with E-state index in [4.69, 9.17) is 16.0 Å². The Bertz CT molecular complexity index is 1530. The van der Waals surface area contributed by atoms with Crippen molar-refractivity contribution in [3.63, 3.8) is 0 Å². The van der Waals surface area contributed by atoms with Crippen LogP contribution in [0.2, 0.25) is 5.02 Å². The summed E-state index contributed by atoms with van der Waals surface area (Å²) in [6.45, 7) is 0. The summed E-state index contributed by atoms with van der Waals surface area (Å²) < 4.78 is 10.4. The van der Waals surface area contributed by atoms with Crippen LogP contribution in [0.1, 0.15) is 5.76 Å². The number of hydrogen-bond acceptors (Lipinski definition) is 11. The van der Waals surface area contributed by atoms with E-state index in [-0.39, 0.29) is 22.8 Å². The Hall–Kier alpha value is -4.84. The molecule has 3 aromatic heterocycles. The molecule has 168 valence electrons. The first-order valence-electron chi connectivity index (χ1n) is 9.72. The van der Waals surface area contributed by atoms with Crippen LogP contribution in [0.15, 0.2) is 74.8 Å². The molecule has 0 aliphatic rings. The topological polar surface area (TPSA) is 157 Å². The molecule has 34 heavy (non-hydrogen) atoms. The maximum absolute atomic E-state index is 11.0. The van der Waals surface area contributed by atoms with Gasteiger partial charge in [-0.25, -0.2) is 9.61 Å². The number of halogens is 1. The lowest BCUT2D eigenvalue weighted by Gasteiger charge is -2.09. The predicted molar refractivity (Wildman–Crippen MR) is 124 cm³/mol. The van der Waals surface area contributed by atoms with E-state index in [0.717, 1.165) is 0 Å². The normalized spacial score (nSPS) is 11.2. The lowest BCUT2D eigenvalue weighted by atomic mass is 10.1. The van der Waals surface area contributed by atoms with Crippen LogP contribution in [-0.2, 0) is 0 Å². The second kappa shape index (κ2) is 8.96. The van der Waals surface area contributed by atoms with Crippen LogP contribution in [0.3, 0.4) is 0 Å². The number of nitrogens with zero attached hydrogens (tertiary/aromatic N) is 6. The highest BCUT2D eigenvalue weighted by molar-refractivity contribution is 6.30. The van der Waals surface area contributed by atoms with Crippen molar-refractivity contribution in [2.45, 2.75) is 0 Å². The minimum Gasteiger partial charge on any atom is -0.455 e. The predicted octanol–water partition coefficient (Wildman–Crippen LogP) is 5.02. The fourth-order valence-corrected chi connectivity index (χ4v) is 3.20. The van der Waals surface area contributed by atoms with Gasteiger partial charge in [-0.2, -0.15) is 10.1 Å². The van der Waals surface area contributed by atoms with Crippen molar-refractivity contribution >= 4 is 52.1 Å². The minimum absolute atomic E-state index is 0.0261. The van der Waals surface area contributed by atoms with Crippen molar-refractivity contribution in [3.8, 4) is 11.3 Å². The third-order valence-corrected chi connectivity index (χ3v) is 4.77. The molecular weight excluding hydrogens is 464 g/mol. The Labute approximate surface area is 195 Å². The van der Waals surface area contributed by atoms with E-state index in [1.807, 2.05) is 6.07 Å². The van der Waals surface area contributed by atoms with Crippen molar-refractivity contribution in [1.29, 1.82) is 0 Å². The molecule has 0 atom stereocenters. The number of rotatable bonds is 7. The lowest BCUT2D eigenvalue weighted by molar-refractivity contribution is -0.384. The average Bonchev–Trinajstić information content (AvgIpc) is 3.49. The van der Waals surface area contributed by atoms with Gasteiger partial charge >= 0.3 is 0 Å². The second-order valence-electron chi connectivity index (χ2n) is 6.85. The van der Waals surface area contributed by atoms with Crippen LogP contribution in [0, 0.1) is 10.1 Å². The van der Waals surface area contributed by atoms with Gasteiger partial charge in [0.05, 0.1) is 11.1 Å². The zero-order valence-electron chi connectivity index (χ0n) is 17.0. The van der Waals surface area contributed by atoms with E-state index in [9.17, 15) is 10.1 Å². The quantitative estimate of drug-likeness (QED) is 0.185. The first-order chi connectivity index (χ1) is 16.5. The molecule has 0 fully saturated rings. The highest BCUT2D eigenvalue weighted by Crippen LogP contribution is 2.27. The molecule has 0 bridgehead atoms. The Morgan fingerprint density at radius 2 is 1.79 bits per heavy atom. The van der Waals surface area contributed by atoms with Crippen molar-refractivity contribution in [3.05, 3.63) is 81.6 Å². The maximum atomic E-state index is 11.0. The number of hydrazone groups is 1. The summed E-state index contributed by atoms with van der Waals surface area (Å²) in [4.78, 5) is 19.2. The van der Waals surface area contributed by atoms with Crippen molar-refractivity contribution < 1.29 is 14.0 Å². The first kappa shape index (κ1) is 21.0. The molecule has 2 aromatic carbocycles. The van der Waals surface area contributed by atoms with Crippen molar-refractivity contribution in [2.24, 2.45) is 5.10 Å². The highest BCUT2D eigenvalue weighted by atomic mass is 35.5. The highest BCUT2D eigenvalue weighted by Gasteiger charge is 2.13. The number of nitro benzene ring substituents is 1. The standard InChI is InChI=1S/C21H13ClN8O4/c22-13-4-2-5-14(10-13)24-18-19(26-21-20(25-18)28-34-29-21)27-23-11-16-7-8-17(33-16)12-3-1-6-15(9-12)30(31)32/h1-11H,(H,24,25,28)(H,26,27,29)/b23-11-. The summed E-state index contributed by atoms with van der Waals surface area (Å²) in [6.07, 6.45) is 1.43. The first-order valence-corrected chi connectivity index (χ1v) is 10.1. The summed E-state index contributed by atoms with van der Waals surface area (Å²) in [5.41, 5.74) is 4.43. The number of furan rings is 1. The molecule has 3 heterocycles. The fraction of sp³-hybridized carbons (Fsp3) is 0. The number of non-ortho nitro benzene ring substituents is 1. The molecule has 0 amide bonds. The van der Waals surface area contributed by atoms with Gasteiger partial charge in [0.2, 0.25) is 11.3 Å². The van der Waals surface area contributed by atoms with Gasteiger partial charge in [0.1, 0.15) is 11.5 Å². The molecule has 5 rings (SSSR count). The Morgan fingerprint density at radius 3 is 2.59 bits per heavy atom. The molecule has 0 radical (unpaired) electrons. The molecular formula is C21H13ClN8O4. The summed E-state index contributed by atoms with van der Waals surface area (Å²) in [7, 11) is 0. The van der Waals surface area contributed by atoms with E-state index in [1.165, 1.54) is 18.3 Å². The molecule has 13 heteroatoms. The summed E-state index contributed by atoms with van der Waals surface area (Å²) in [5, 5.41) is 26.2. The van der Waals surface area contributed by atoms with E-state index >= 15 is 0 Å². The van der Waals surface area contributed by atoms with Gasteiger partial charge < -0.3 is 9.73 Å². The molecule has 0 spiro atoms. The van der Waals surface area contributed by atoms with E-state index < -0.39 is 4.92 Å². The monoisotopic (exact) mass is 476 g/mol. The Morgan fingerprint density at radius 1 is 1.00 bits per heavy atom. The smallest absolute Gasteiger partial charge is 0.270 e. The van der Waals surface area contributed by atoms with Gasteiger partial charge in [0.15, 0.2) is 11.6 Å². The van der Waals surface area contributed by atoms with Crippen molar-refractivity contribution in [1.82, 2.24) is 20.3 Å². The average molecular weight is 477 g/mol. The zero-order valence-corrected chi connectivity index (χ0v) is 17.8. The molecule has 5 aromatic rings.